The van der Waals surface area contributed by atoms with E-state index in [9.17, 15) is 9.59 Å². The van der Waals surface area contributed by atoms with Crippen LogP contribution in [0.15, 0.2) is 91.0 Å². The molecule has 1 amide bonds. The van der Waals surface area contributed by atoms with Crippen LogP contribution in [0.5, 0.6) is 0 Å². The van der Waals surface area contributed by atoms with E-state index in [2.05, 4.69) is 42.2 Å². The molecule has 4 heteroatoms. The van der Waals surface area contributed by atoms with Gasteiger partial charge in [-0.2, -0.15) is 12.6 Å². The SMILES string of the molecule is O=CC(Cc1ccccc1)NC(=O)c1ccc(-c2cccc3ccccc23)cc1CS. The molecule has 1 N–H and O–H groups in total. The Morgan fingerprint density at radius 2 is 1.65 bits per heavy atom. The molecule has 1 atom stereocenters. The van der Waals surface area contributed by atoms with Gasteiger partial charge in [-0.05, 0) is 51.6 Å². The van der Waals surface area contributed by atoms with Crippen molar-refractivity contribution in [3.63, 3.8) is 0 Å². The van der Waals surface area contributed by atoms with E-state index in [1.807, 2.05) is 66.7 Å². The molecule has 0 aromatic heterocycles. The van der Waals surface area contributed by atoms with Crippen LogP contribution >= 0.6 is 12.6 Å². The number of thiol groups is 1. The smallest absolute Gasteiger partial charge is 0.252 e. The first-order chi connectivity index (χ1) is 15.2. The van der Waals surface area contributed by atoms with Crippen molar-refractivity contribution in [2.45, 2.75) is 18.2 Å². The van der Waals surface area contributed by atoms with E-state index in [4.69, 9.17) is 0 Å². The summed E-state index contributed by atoms with van der Waals surface area (Å²) in [5.74, 6) is 0.160. The van der Waals surface area contributed by atoms with E-state index in [1.165, 1.54) is 5.39 Å². The molecule has 4 rings (SSSR count). The van der Waals surface area contributed by atoms with Crippen LogP contribution in [0.1, 0.15) is 21.5 Å². The highest BCUT2D eigenvalue weighted by Crippen LogP contribution is 2.30. The number of hydrogen-bond donors (Lipinski definition) is 2. The summed E-state index contributed by atoms with van der Waals surface area (Å²) < 4.78 is 0. The Morgan fingerprint density at radius 3 is 2.42 bits per heavy atom. The highest BCUT2D eigenvalue weighted by atomic mass is 32.1. The van der Waals surface area contributed by atoms with Crippen LogP contribution in [0.4, 0.5) is 0 Å². The zero-order valence-electron chi connectivity index (χ0n) is 17.0. The summed E-state index contributed by atoms with van der Waals surface area (Å²) in [6.45, 7) is 0. The van der Waals surface area contributed by atoms with Crippen LogP contribution in [0, 0.1) is 0 Å². The van der Waals surface area contributed by atoms with Gasteiger partial charge in [0.25, 0.3) is 5.91 Å². The molecule has 0 saturated heterocycles. The number of benzene rings is 4. The van der Waals surface area contributed by atoms with Crippen molar-refractivity contribution in [3.05, 3.63) is 108 Å². The highest BCUT2D eigenvalue weighted by Gasteiger charge is 2.17. The van der Waals surface area contributed by atoms with Gasteiger partial charge in [-0.15, -0.1) is 0 Å². The van der Waals surface area contributed by atoms with Gasteiger partial charge in [0.05, 0.1) is 6.04 Å². The fourth-order valence-corrected chi connectivity index (χ4v) is 4.10. The minimum atomic E-state index is -0.583. The van der Waals surface area contributed by atoms with Crippen molar-refractivity contribution in [1.82, 2.24) is 5.32 Å². The van der Waals surface area contributed by atoms with Crippen LogP contribution < -0.4 is 5.32 Å². The summed E-state index contributed by atoms with van der Waals surface area (Å²) in [6.07, 6.45) is 1.25. The zero-order chi connectivity index (χ0) is 21.6. The average Bonchev–Trinajstić information content (AvgIpc) is 2.83. The lowest BCUT2D eigenvalue weighted by atomic mass is 9.95. The normalized spacial score (nSPS) is 11.8. The predicted molar refractivity (Wildman–Crippen MR) is 130 cm³/mol. The Balaban J connectivity index is 1.60. The zero-order valence-corrected chi connectivity index (χ0v) is 17.9. The van der Waals surface area contributed by atoms with Crippen molar-refractivity contribution in [2.24, 2.45) is 0 Å². The van der Waals surface area contributed by atoms with Crippen LogP contribution in [0.3, 0.4) is 0 Å². The number of nitrogens with one attached hydrogen (secondary N) is 1. The molecule has 3 nitrogen and oxygen atoms in total. The maximum atomic E-state index is 12.9. The topological polar surface area (TPSA) is 46.2 Å². The first kappa shape index (κ1) is 20.9. The minimum absolute atomic E-state index is 0.262. The van der Waals surface area contributed by atoms with E-state index in [0.717, 1.165) is 33.9 Å². The summed E-state index contributed by atoms with van der Waals surface area (Å²) in [5.41, 5.74) is 4.52. The second kappa shape index (κ2) is 9.63. The maximum absolute atomic E-state index is 12.9. The summed E-state index contributed by atoms with van der Waals surface area (Å²) in [6, 6.07) is 29.3. The number of hydrogen-bond acceptors (Lipinski definition) is 3. The van der Waals surface area contributed by atoms with Gasteiger partial charge in [-0.25, -0.2) is 0 Å². The molecule has 0 fully saturated rings. The third-order valence-electron chi connectivity index (χ3n) is 5.40. The summed E-state index contributed by atoms with van der Waals surface area (Å²) in [5, 5.41) is 5.19. The Kier molecular flexibility index (Phi) is 6.48. The van der Waals surface area contributed by atoms with E-state index < -0.39 is 6.04 Å². The second-order valence-corrected chi connectivity index (χ2v) is 7.78. The van der Waals surface area contributed by atoms with Crippen molar-refractivity contribution in [3.8, 4) is 11.1 Å². The van der Waals surface area contributed by atoms with Crippen molar-refractivity contribution < 1.29 is 9.59 Å². The third-order valence-corrected chi connectivity index (χ3v) is 5.74. The van der Waals surface area contributed by atoms with Crippen LogP contribution in [0.2, 0.25) is 0 Å². The fraction of sp³-hybridized carbons (Fsp3) is 0.111. The lowest BCUT2D eigenvalue weighted by Crippen LogP contribution is -2.38. The van der Waals surface area contributed by atoms with Crippen molar-refractivity contribution in [1.29, 1.82) is 0 Å². The van der Waals surface area contributed by atoms with Gasteiger partial charge < -0.3 is 10.1 Å². The molecule has 4 aromatic rings. The molecule has 0 saturated carbocycles. The third kappa shape index (κ3) is 4.70. The van der Waals surface area contributed by atoms with Crippen LogP contribution in [0.25, 0.3) is 21.9 Å². The molecular formula is C27H23NO2S. The van der Waals surface area contributed by atoms with E-state index in [0.29, 0.717) is 17.7 Å². The lowest BCUT2D eigenvalue weighted by Gasteiger charge is -2.16. The first-order valence-electron chi connectivity index (χ1n) is 10.2. The van der Waals surface area contributed by atoms with Gasteiger partial charge in [0.1, 0.15) is 6.29 Å². The number of aldehydes is 1. The fourth-order valence-electron chi connectivity index (χ4n) is 3.84. The lowest BCUT2D eigenvalue weighted by molar-refractivity contribution is -0.109. The Morgan fingerprint density at radius 1 is 0.903 bits per heavy atom. The maximum Gasteiger partial charge on any atom is 0.252 e. The van der Waals surface area contributed by atoms with Gasteiger partial charge in [-0.3, -0.25) is 4.79 Å². The Labute approximate surface area is 187 Å². The van der Waals surface area contributed by atoms with Crippen molar-refractivity contribution >= 4 is 35.6 Å². The van der Waals surface area contributed by atoms with Gasteiger partial charge in [-0.1, -0.05) is 78.9 Å². The van der Waals surface area contributed by atoms with Gasteiger partial charge in [0.2, 0.25) is 0 Å². The molecule has 0 aliphatic heterocycles. The van der Waals surface area contributed by atoms with Crippen molar-refractivity contribution in [2.75, 3.05) is 0 Å². The van der Waals surface area contributed by atoms with Gasteiger partial charge in [0.15, 0.2) is 0 Å². The molecular weight excluding hydrogens is 402 g/mol. The second-order valence-electron chi connectivity index (χ2n) is 7.46. The molecule has 1 unspecified atom stereocenters. The summed E-state index contributed by atoms with van der Waals surface area (Å²) in [4.78, 5) is 24.5. The molecule has 31 heavy (non-hydrogen) atoms. The molecule has 154 valence electrons. The Bertz CT molecular complexity index is 1220. The summed E-state index contributed by atoms with van der Waals surface area (Å²) >= 11 is 4.45. The number of fused-ring (bicyclic) bond motifs is 1. The Hall–Kier alpha value is -3.37. The average molecular weight is 426 g/mol. The molecule has 0 bridgehead atoms. The monoisotopic (exact) mass is 425 g/mol. The number of carbonyl (C=O) groups is 2. The highest BCUT2D eigenvalue weighted by molar-refractivity contribution is 7.79. The van der Waals surface area contributed by atoms with E-state index >= 15 is 0 Å². The molecule has 0 heterocycles. The van der Waals surface area contributed by atoms with Gasteiger partial charge >= 0.3 is 0 Å². The quantitative estimate of drug-likeness (QED) is 0.304. The van der Waals surface area contributed by atoms with E-state index in [-0.39, 0.29) is 5.91 Å². The van der Waals surface area contributed by atoms with Gasteiger partial charge in [0, 0.05) is 11.3 Å². The number of rotatable bonds is 7. The van der Waals surface area contributed by atoms with E-state index in [1.54, 1.807) is 0 Å². The predicted octanol–water partition coefficient (Wildman–Crippen LogP) is 5.48. The summed E-state index contributed by atoms with van der Waals surface area (Å²) in [7, 11) is 0. The largest absolute Gasteiger partial charge is 0.342 e. The number of carbonyl (C=O) groups excluding carboxylic acids is 2. The minimum Gasteiger partial charge on any atom is -0.342 e. The molecule has 0 spiro atoms. The van der Waals surface area contributed by atoms with Crippen LogP contribution in [-0.2, 0) is 17.0 Å². The standard InChI is InChI=1S/C27H23NO2S/c29-17-23(15-19-7-2-1-3-8-19)28-27(30)26-14-13-21(16-22(26)18-31)25-12-6-10-20-9-4-5-11-24(20)25/h1-14,16-17,23,31H,15,18H2,(H,28,30). The first-order valence-corrected chi connectivity index (χ1v) is 10.8. The van der Waals surface area contributed by atoms with Crippen LogP contribution in [-0.4, -0.2) is 18.2 Å². The molecule has 0 aliphatic carbocycles. The molecule has 0 aliphatic rings. The molecule has 4 aromatic carbocycles. The number of amides is 1. The molecule has 0 radical (unpaired) electrons.